The molecule has 0 spiro atoms. The van der Waals surface area contributed by atoms with Crippen LogP contribution in [-0.4, -0.2) is 38.7 Å². The number of hydrogen-bond donors (Lipinski definition) is 2. The predicted molar refractivity (Wildman–Crippen MR) is 130 cm³/mol. The summed E-state index contributed by atoms with van der Waals surface area (Å²) in [5.41, 5.74) is 1.29. The van der Waals surface area contributed by atoms with Crippen LogP contribution in [0.4, 0.5) is 11.4 Å². The van der Waals surface area contributed by atoms with Crippen molar-refractivity contribution in [3.63, 3.8) is 0 Å². The zero-order chi connectivity index (χ0) is 24.5. The third-order valence-corrected chi connectivity index (χ3v) is 4.88. The summed E-state index contributed by atoms with van der Waals surface area (Å²) >= 11 is 0. The maximum Gasteiger partial charge on any atom is 0.265 e. The summed E-state index contributed by atoms with van der Waals surface area (Å²) in [6.45, 7) is 4.12. The summed E-state index contributed by atoms with van der Waals surface area (Å²) in [4.78, 5) is 25.3. The van der Waals surface area contributed by atoms with E-state index in [1.807, 2.05) is 13.0 Å². The SMILES string of the molecule is CCOc1ccc(OC(C)C(=O)Nc2cc(OC)c(NC(=O)c3ccccc3)cc2OC)cc1. The summed E-state index contributed by atoms with van der Waals surface area (Å²) in [6.07, 6.45) is -0.786. The molecule has 0 bridgehead atoms. The number of carbonyl (C=O) groups is 2. The van der Waals surface area contributed by atoms with Gasteiger partial charge in [-0.25, -0.2) is 0 Å². The van der Waals surface area contributed by atoms with Crippen molar-refractivity contribution in [2.24, 2.45) is 0 Å². The highest BCUT2D eigenvalue weighted by molar-refractivity contribution is 6.05. The quantitative estimate of drug-likeness (QED) is 0.449. The van der Waals surface area contributed by atoms with E-state index in [4.69, 9.17) is 18.9 Å². The van der Waals surface area contributed by atoms with Crippen molar-refractivity contribution in [2.75, 3.05) is 31.5 Å². The van der Waals surface area contributed by atoms with E-state index < -0.39 is 6.10 Å². The molecule has 8 heteroatoms. The highest BCUT2D eigenvalue weighted by Gasteiger charge is 2.20. The fraction of sp³-hybridized carbons (Fsp3) is 0.231. The number of benzene rings is 3. The zero-order valence-electron chi connectivity index (χ0n) is 19.6. The average molecular weight is 465 g/mol. The summed E-state index contributed by atoms with van der Waals surface area (Å²) in [5, 5.41) is 5.60. The van der Waals surface area contributed by atoms with Gasteiger partial charge in [-0.2, -0.15) is 0 Å². The summed E-state index contributed by atoms with van der Waals surface area (Å²) in [7, 11) is 2.95. The molecule has 0 fully saturated rings. The smallest absolute Gasteiger partial charge is 0.265 e. The van der Waals surface area contributed by atoms with Crippen LogP contribution in [0.15, 0.2) is 66.7 Å². The first-order chi connectivity index (χ1) is 16.4. The second-order valence-corrected chi connectivity index (χ2v) is 7.23. The van der Waals surface area contributed by atoms with Crippen LogP contribution in [0.1, 0.15) is 24.2 Å². The highest BCUT2D eigenvalue weighted by Crippen LogP contribution is 2.37. The van der Waals surface area contributed by atoms with Crippen molar-refractivity contribution in [2.45, 2.75) is 20.0 Å². The number of methoxy groups -OCH3 is 2. The van der Waals surface area contributed by atoms with E-state index >= 15 is 0 Å². The van der Waals surface area contributed by atoms with Crippen molar-refractivity contribution >= 4 is 23.2 Å². The van der Waals surface area contributed by atoms with Crippen LogP contribution in [0.3, 0.4) is 0 Å². The molecule has 0 aliphatic heterocycles. The van der Waals surface area contributed by atoms with Crippen molar-refractivity contribution in [1.29, 1.82) is 0 Å². The molecular formula is C26H28N2O6. The van der Waals surface area contributed by atoms with Crippen molar-refractivity contribution in [1.82, 2.24) is 0 Å². The van der Waals surface area contributed by atoms with Crippen molar-refractivity contribution < 1.29 is 28.5 Å². The Morgan fingerprint density at radius 3 is 1.94 bits per heavy atom. The topological polar surface area (TPSA) is 95.1 Å². The van der Waals surface area contributed by atoms with Gasteiger partial charge in [0.05, 0.1) is 32.2 Å². The van der Waals surface area contributed by atoms with Gasteiger partial charge in [0.1, 0.15) is 23.0 Å². The third-order valence-electron chi connectivity index (χ3n) is 4.88. The van der Waals surface area contributed by atoms with Crippen LogP contribution >= 0.6 is 0 Å². The van der Waals surface area contributed by atoms with Gasteiger partial charge >= 0.3 is 0 Å². The van der Waals surface area contributed by atoms with E-state index in [2.05, 4.69) is 10.6 Å². The van der Waals surface area contributed by atoms with E-state index in [-0.39, 0.29) is 11.8 Å². The fourth-order valence-corrected chi connectivity index (χ4v) is 3.15. The third kappa shape index (κ3) is 6.19. The van der Waals surface area contributed by atoms with Crippen LogP contribution in [0.2, 0.25) is 0 Å². The molecule has 0 aliphatic rings. The number of ether oxygens (including phenoxy) is 4. The molecule has 0 saturated carbocycles. The Bertz CT molecular complexity index is 1120. The highest BCUT2D eigenvalue weighted by atomic mass is 16.5. The van der Waals surface area contributed by atoms with Gasteiger partial charge in [0, 0.05) is 17.7 Å². The second-order valence-electron chi connectivity index (χ2n) is 7.23. The lowest BCUT2D eigenvalue weighted by Crippen LogP contribution is -2.30. The largest absolute Gasteiger partial charge is 0.494 e. The summed E-state index contributed by atoms with van der Waals surface area (Å²) in [5.74, 6) is 1.30. The zero-order valence-corrected chi connectivity index (χ0v) is 19.6. The maximum atomic E-state index is 12.8. The lowest BCUT2D eigenvalue weighted by molar-refractivity contribution is -0.122. The van der Waals surface area contributed by atoms with Crippen molar-refractivity contribution in [3.8, 4) is 23.0 Å². The van der Waals surface area contributed by atoms with E-state index in [1.165, 1.54) is 14.2 Å². The van der Waals surface area contributed by atoms with Gasteiger partial charge in [-0.3, -0.25) is 9.59 Å². The normalized spacial score (nSPS) is 11.2. The first-order valence-corrected chi connectivity index (χ1v) is 10.8. The summed E-state index contributed by atoms with van der Waals surface area (Å²) in [6, 6.07) is 19.0. The molecule has 178 valence electrons. The minimum absolute atomic E-state index is 0.296. The Hall–Kier alpha value is -4.20. The molecule has 8 nitrogen and oxygen atoms in total. The number of carbonyl (C=O) groups excluding carboxylic acids is 2. The van der Waals surface area contributed by atoms with Crippen LogP contribution in [0.5, 0.6) is 23.0 Å². The second kappa shape index (κ2) is 11.6. The number of anilines is 2. The Labute approximate surface area is 198 Å². The van der Waals surface area contributed by atoms with Gasteiger partial charge in [0.2, 0.25) is 0 Å². The molecule has 34 heavy (non-hydrogen) atoms. The first kappa shape index (κ1) is 24.4. The fourth-order valence-electron chi connectivity index (χ4n) is 3.15. The molecule has 2 N–H and O–H groups in total. The van der Waals surface area contributed by atoms with Gasteiger partial charge in [-0.05, 0) is 50.2 Å². The lowest BCUT2D eigenvalue weighted by atomic mass is 10.2. The molecule has 2 amide bonds. The minimum Gasteiger partial charge on any atom is -0.494 e. The van der Waals surface area contributed by atoms with Gasteiger partial charge in [-0.15, -0.1) is 0 Å². The molecule has 0 aliphatic carbocycles. The van der Waals surface area contributed by atoms with Crippen LogP contribution in [0.25, 0.3) is 0 Å². The van der Waals surface area contributed by atoms with Crippen LogP contribution in [0, 0.1) is 0 Å². The average Bonchev–Trinajstić information content (AvgIpc) is 2.86. The van der Waals surface area contributed by atoms with Crippen molar-refractivity contribution in [3.05, 3.63) is 72.3 Å². The van der Waals surface area contributed by atoms with Crippen LogP contribution < -0.4 is 29.6 Å². The molecule has 0 heterocycles. The van der Waals surface area contributed by atoms with E-state index in [1.54, 1.807) is 67.6 Å². The molecule has 3 aromatic carbocycles. The number of hydrogen-bond acceptors (Lipinski definition) is 6. The molecule has 3 rings (SSSR count). The molecule has 0 saturated heterocycles. The van der Waals surface area contributed by atoms with E-state index in [0.717, 1.165) is 5.75 Å². The predicted octanol–water partition coefficient (Wildman–Crippen LogP) is 4.76. The maximum absolute atomic E-state index is 12.8. The van der Waals surface area contributed by atoms with E-state index in [9.17, 15) is 9.59 Å². The molecule has 1 atom stereocenters. The number of amides is 2. The lowest BCUT2D eigenvalue weighted by Gasteiger charge is -2.18. The number of nitrogens with one attached hydrogen (secondary N) is 2. The van der Waals surface area contributed by atoms with E-state index in [0.29, 0.717) is 40.8 Å². The van der Waals surface area contributed by atoms with Gasteiger partial charge in [0.25, 0.3) is 11.8 Å². The molecule has 0 aromatic heterocycles. The van der Waals surface area contributed by atoms with Gasteiger partial charge in [-0.1, -0.05) is 18.2 Å². The summed E-state index contributed by atoms with van der Waals surface area (Å²) < 4.78 is 22.0. The van der Waals surface area contributed by atoms with Gasteiger partial charge in [0.15, 0.2) is 6.10 Å². The monoisotopic (exact) mass is 464 g/mol. The molecule has 1 unspecified atom stereocenters. The Morgan fingerprint density at radius 2 is 1.38 bits per heavy atom. The molecular weight excluding hydrogens is 436 g/mol. The van der Waals surface area contributed by atoms with Crippen LogP contribution in [-0.2, 0) is 4.79 Å². The number of rotatable bonds is 10. The van der Waals surface area contributed by atoms with Gasteiger partial charge < -0.3 is 29.6 Å². The Balaban J connectivity index is 1.73. The Kier molecular flexibility index (Phi) is 8.34. The first-order valence-electron chi connectivity index (χ1n) is 10.8. The molecule has 3 aromatic rings. The molecule has 0 radical (unpaired) electrons. The Morgan fingerprint density at radius 1 is 0.824 bits per heavy atom. The minimum atomic E-state index is -0.786. The standard InChI is InChI=1S/C26H28N2O6/c1-5-33-19-11-13-20(14-12-19)34-17(2)25(29)27-21-15-24(32-4)22(16-23(21)31-3)28-26(30)18-9-7-6-8-10-18/h6-17H,5H2,1-4H3,(H,27,29)(H,28,30).